The summed E-state index contributed by atoms with van der Waals surface area (Å²) >= 11 is 3.48. The number of amides is 1. The number of alkyl halides is 1. The lowest BCUT2D eigenvalue weighted by atomic mass is 10.1. The molecule has 0 radical (unpaired) electrons. The highest BCUT2D eigenvalue weighted by atomic mass is 79.9. The first-order chi connectivity index (χ1) is 8.61. The van der Waals surface area contributed by atoms with E-state index in [1.165, 1.54) is 11.1 Å². The van der Waals surface area contributed by atoms with Crippen LogP contribution in [0.15, 0.2) is 18.2 Å². The first-order valence-electron chi connectivity index (χ1n) is 6.54. The Morgan fingerprint density at radius 1 is 1.39 bits per heavy atom. The van der Waals surface area contributed by atoms with Gasteiger partial charge in [0, 0.05) is 24.0 Å². The van der Waals surface area contributed by atoms with Crippen LogP contribution in [0.2, 0.25) is 0 Å². The smallest absolute Gasteiger partial charge is 0.253 e. The van der Waals surface area contributed by atoms with Gasteiger partial charge in [0.1, 0.15) is 0 Å². The van der Waals surface area contributed by atoms with Crippen LogP contribution in [0, 0.1) is 19.8 Å². The number of hydrogen-bond acceptors (Lipinski definition) is 1. The van der Waals surface area contributed by atoms with E-state index in [0.29, 0.717) is 5.92 Å². The number of carbonyl (C=O) groups is 1. The van der Waals surface area contributed by atoms with Crippen LogP contribution in [0.25, 0.3) is 0 Å². The third-order valence-corrected chi connectivity index (χ3v) is 4.30. The van der Waals surface area contributed by atoms with Gasteiger partial charge in [0.15, 0.2) is 0 Å². The Balaban J connectivity index is 2.05. The van der Waals surface area contributed by atoms with Crippen LogP contribution in [0.3, 0.4) is 0 Å². The van der Waals surface area contributed by atoms with Gasteiger partial charge in [-0.15, -0.1) is 0 Å². The van der Waals surface area contributed by atoms with E-state index in [4.69, 9.17) is 0 Å². The molecule has 98 valence electrons. The maximum Gasteiger partial charge on any atom is 0.253 e. The van der Waals surface area contributed by atoms with E-state index in [0.717, 1.165) is 36.8 Å². The van der Waals surface area contributed by atoms with Gasteiger partial charge in [0.25, 0.3) is 5.91 Å². The fourth-order valence-electron chi connectivity index (χ4n) is 2.46. The summed E-state index contributed by atoms with van der Waals surface area (Å²) in [4.78, 5) is 14.4. The van der Waals surface area contributed by atoms with Crippen LogP contribution < -0.4 is 0 Å². The topological polar surface area (TPSA) is 20.3 Å². The van der Waals surface area contributed by atoms with Gasteiger partial charge in [0.2, 0.25) is 0 Å². The quantitative estimate of drug-likeness (QED) is 0.782. The van der Waals surface area contributed by atoms with Gasteiger partial charge in [-0.25, -0.2) is 0 Å². The average molecular weight is 310 g/mol. The van der Waals surface area contributed by atoms with Gasteiger partial charge < -0.3 is 4.90 Å². The number of likely N-dealkylation sites (tertiary alicyclic amines) is 1. The molecule has 1 heterocycles. The maximum atomic E-state index is 12.4. The highest BCUT2D eigenvalue weighted by Crippen LogP contribution is 2.22. The molecule has 1 aromatic rings. The molecule has 1 aliphatic rings. The highest BCUT2D eigenvalue weighted by Gasteiger charge is 2.26. The summed E-state index contributed by atoms with van der Waals surface area (Å²) in [6.45, 7) is 5.95. The maximum absolute atomic E-state index is 12.4. The summed E-state index contributed by atoms with van der Waals surface area (Å²) in [5.74, 6) is 0.857. The van der Waals surface area contributed by atoms with E-state index in [9.17, 15) is 4.79 Å². The van der Waals surface area contributed by atoms with Crippen molar-refractivity contribution in [2.24, 2.45) is 5.92 Å². The minimum Gasteiger partial charge on any atom is -0.338 e. The molecule has 1 saturated heterocycles. The SMILES string of the molecule is Cc1ccc(C(=O)N2CCC(CCBr)C2)cc1C. The van der Waals surface area contributed by atoms with Crippen LogP contribution in [0.5, 0.6) is 0 Å². The van der Waals surface area contributed by atoms with Gasteiger partial charge in [-0.3, -0.25) is 4.79 Å². The third kappa shape index (κ3) is 2.94. The predicted octanol–water partition coefficient (Wildman–Crippen LogP) is 3.55. The standard InChI is InChI=1S/C15H20BrNO/c1-11-3-4-14(9-12(11)2)15(18)17-8-6-13(10-17)5-7-16/h3-4,9,13H,5-8,10H2,1-2H3. The van der Waals surface area contributed by atoms with Crippen LogP contribution in [-0.2, 0) is 0 Å². The highest BCUT2D eigenvalue weighted by molar-refractivity contribution is 9.09. The normalized spacial score (nSPS) is 19.3. The van der Waals surface area contributed by atoms with Crippen molar-refractivity contribution in [3.05, 3.63) is 34.9 Å². The summed E-state index contributed by atoms with van der Waals surface area (Å²) in [6, 6.07) is 5.99. The first kappa shape index (κ1) is 13.6. The van der Waals surface area contributed by atoms with Crippen molar-refractivity contribution in [2.45, 2.75) is 26.7 Å². The molecule has 1 atom stereocenters. The Morgan fingerprint density at radius 3 is 2.83 bits per heavy atom. The molecule has 0 bridgehead atoms. The van der Waals surface area contributed by atoms with Crippen LogP contribution >= 0.6 is 15.9 Å². The molecule has 1 fully saturated rings. The summed E-state index contributed by atoms with van der Waals surface area (Å²) < 4.78 is 0. The molecular weight excluding hydrogens is 290 g/mol. The second kappa shape index (κ2) is 5.87. The third-order valence-electron chi connectivity index (χ3n) is 3.84. The number of hydrogen-bond donors (Lipinski definition) is 0. The van der Waals surface area contributed by atoms with Gasteiger partial charge in [-0.2, -0.15) is 0 Å². The zero-order chi connectivity index (χ0) is 13.1. The molecule has 1 aromatic carbocycles. The Kier molecular flexibility index (Phi) is 4.44. The molecule has 3 heteroatoms. The minimum atomic E-state index is 0.190. The predicted molar refractivity (Wildman–Crippen MR) is 78.3 cm³/mol. The largest absolute Gasteiger partial charge is 0.338 e. The molecule has 1 amide bonds. The second-order valence-corrected chi connectivity index (χ2v) is 5.98. The molecule has 0 aliphatic carbocycles. The van der Waals surface area contributed by atoms with Crippen molar-refractivity contribution in [3.63, 3.8) is 0 Å². The average Bonchev–Trinajstić information content (AvgIpc) is 2.81. The molecule has 2 rings (SSSR count). The Hall–Kier alpha value is -0.830. The lowest BCUT2D eigenvalue weighted by Gasteiger charge is -2.17. The fourth-order valence-corrected chi connectivity index (χ4v) is 3.11. The molecule has 0 saturated carbocycles. The molecule has 1 aliphatic heterocycles. The summed E-state index contributed by atoms with van der Waals surface area (Å²) in [7, 11) is 0. The Bertz CT molecular complexity index is 444. The van der Waals surface area contributed by atoms with Gasteiger partial charge in [-0.1, -0.05) is 22.0 Å². The summed E-state index contributed by atoms with van der Waals surface area (Å²) in [6.07, 6.45) is 2.30. The van der Waals surface area contributed by atoms with Crippen molar-refractivity contribution >= 4 is 21.8 Å². The molecule has 2 nitrogen and oxygen atoms in total. The van der Waals surface area contributed by atoms with Crippen molar-refractivity contribution in [1.82, 2.24) is 4.90 Å². The van der Waals surface area contributed by atoms with Gasteiger partial charge in [0.05, 0.1) is 0 Å². The van der Waals surface area contributed by atoms with E-state index in [-0.39, 0.29) is 5.91 Å². The van der Waals surface area contributed by atoms with Crippen molar-refractivity contribution in [1.29, 1.82) is 0 Å². The summed E-state index contributed by atoms with van der Waals surface area (Å²) in [5, 5.41) is 1.03. The van der Waals surface area contributed by atoms with Gasteiger partial charge >= 0.3 is 0 Å². The minimum absolute atomic E-state index is 0.190. The number of rotatable bonds is 3. The van der Waals surface area contributed by atoms with Gasteiger partial charge in [-0.05, 0) is 55.9 Å². The van der Waals surface area contributed by atoms with E-state index in [1.54, 1.807) is 0 Å². The fraction of sp³-hybridized carbons (Fsp3) is 0.533. The molecule has 0 aromatic heterocycles. The van der Waals surface area contributed by atoms with Crippen LogP contribution in [0.1, 0.15) is 34.3 Å². The zero-order valence-electron chi connectivity index (χ0n) is 11.1. The van der Waals surface area contributed by atoms with E-state index >= 15 is 0 Å². The lowest BCUT2D eigenvalue weighted by Crippen LogP contribution is -2.28. The molecular formula is C15H20BrNO. The number of aryl methyl sites for hydroxylation is 2. The van der Waals surface area contributed by atoms with Crippen molar-refractivity contribution in [2.75, 3.05) is 18.4 Å². The van der Waals surface area contributed by atoms with E-state index < -0.39 is 0 Å². The lowest BCUT2D eigenvalue weighted by molar-refractivity contribution is 0.0787. The van der Waals surface area contributed by atoms with Crippen molar-refractivity contribution < 1.29 is 4.79 Å². The van der Waals surface area contributed by atoms with Crippen LogP contribution in [0.4, 0.5) is 0 Å². The molecule has 18 heavy (non-hydrogen) atoms. The summed E-state index contributed by atoms with van der Waals surface area (Å²) in [5.41, 5.74) is 3.26. The van der Waals surface area contributed by atoms with E-state index in [2.05, 4.69) is 29.8 Å². The van der Waals surface area contributed by atoms with Crippen LogP contribution in [-0.4, -0.2) is 29.2 Å². The number of halogens is 1. The Labute approximate surface area is 117 Å². The van der Waals surface area contributed by atoms with E-state index in [1.807, 2.05) is 23.1 Å². The van der Waals surface area contributed by atoms with Crippen molar-refractivity contribution in [3.8, 4) is 0 Å². The monoisotopic (exact) mass is 309 g/mol. The number of benzene rings is 1. The molecule has 0 N–H and O–H groups in total. The number of nitrogens with zero attached hydrogens (tertiary/aromatic N) is 1. The second-order valence-electron chi connectivity index (χ2n) is 5.18. The first-order valence-corrected chi connectivity index (χ1v) is 7.66. The molecule has 0 spiro atoms. The Morgan fingerprint density at radius 2 is 2.17 bits per heavy atom. The zero-order valence-corrected chi connectivity index (χ0v) is 12.7. The molecule has 1 unspecified atom stereocenters. The number of carbonyl (C=O) groups excluding carboxylic acids is 1.